The lowest BCUT2D eigenvalue weighted by Crippen LogP contribution is -2.35. The van der Waals surface area contributed by atoms with Gasteiger partial charge in [-0.3, -0.25) is 0 Å². The van der Waals surface area contributed by atoms with Gasteiger partial charge in [0.05, 0.1) is 5.70 Å². The van der Waals surface area contributed by atoms with Gasteiger partial charge in [0, 0.05) is 12.7 Å². The molecule has 0 atom stereocenters. The second kappa shape index (κ2) is 3.02. The van der Waals surface area contributed by atoms with Gasteiger partial charge in [-0.1, -0.05) is 30.3 Å². The molecule has 1 aromatic rings. The van der Waals surface area contributed by atoms with Crippen molar-refractivity contribution in [1.82, 2.24) is 4.90 Å². The zero-order valence-corrected chi connectivity index (χ0v) is 8.22. The minimum absolute atomic E-state index is 0.340. The lowest BCUT2D eigenvalue weighted by molar-refractivity contribution is 0.397. The van der Waals surface area contributed by atoms with E-state index in [0.29, 0.717) is 5.76 Å². The van der Waals surface area contributed by atoms with Crippen LogP contribution in [0, 0.1) is 0 Å². The predicted molar refractivity (Wildman–Crippen MR) is 60.1 cm³/mol. The number of aliphatic hydroxyl groups excluding tert-OH is 1. The first kappa shape index (κ1) is 8.36. The summed E-state index contributed by atoms with van der Waals surface area (Å²) in [4.78, 5) is 2.05. The molecule has 2 aliphatic heterocycles. The molecule has 2 heteroatoms. The fraction of sp³-hybridized carbons (Fsp3) is 0.0769. The summed E-state index contributed by atoms with van der Waals surface area (Å²) < 4.78 is 0. The molecule has 2 nitrogen and oxygen atoms in total. The quantitative estimate of drug-likeness (QED) is 0.667. The minimum Gasteiger partial charge on any atom is -0.506 e. The second-order valence-electron chi connectivity index (χ2n) is 3.73. The molecule has 3 rings (SSSR count). The lowest BCUT2D eigenvalue weighted by Gasteiger charge is -2.25. The molecule has 0 bridgehead atoms. The Morgan fingerprint density at radius 2 is 1.93 bits per heavy atom. The van der Waals surface area contributed by atoms with E-state index in [-0.39, 0.29) is 0 Å². The Labute approximate surface area is 87.8 Å². The molecule has 0 spiro atoms. The van der Waals surface area contributed by atoms with Crippen molar-refractivity contribution in [3.63, 3.8) is 0 Å². The summed E-state index contributed by atoms with van der Waals surface area (Å²) >= 11 is 0. The molecule has 0 unspecified atom stereocenters. The van der Waals surface area contributed by atoms with E-state index in [9.17, 15) is 5.11 Å². The number of rotatable bonds is 0. The van der Waals surface area contributed by atoms with Crippen molar-refractivity contribution in [2.24, 2.45) is 0 Å². The van der Waals surface area contributed by atoms with Gasteiger partial charge < -0.3 is 10.0 Å². The molecule has 2 heterocycles. The summed E-state index contributed by atoms with van der Waals surface area (Å²) in [6, 6.07) is 8.17. The highest BCUT2D eigenvalue weighted by atomic mass is 16.3. The SMILES string of the molecule is OC1=C2C=c3ccccc3=CN2CC=C1. The van der Waals surface area contributed by atoms with Crippen LogP contribution in [0.5, 0.6) is 0 Å². The van der Waals surface area contributed by atoms with Crippen LogP contribution >= 0.6 is 0 Å². The third-order valence-corrected chi connectivity index (χ3v) is 2.73. The molecule has 1 N–H and O–H groups in total. The van der Waals surface area contributed by atoms with E-state index in [0.717, 1.165) is 17.5 Å². The van der Waals surface area contributed by atoms with Gasteiger partial charge in [0.1, 0.15) is 5.76 Å². The molecular formula is C13H11NO. The summed E-state index contributed by atoms with van der Waals surface area (Å²) in [5.41, 5.74) is 0.885. The van der Waals surface area contributed by atoms with E-state index in [1.807, 2.05) is 24.3 Å². The van der Waals surface area contributed by atoms with Crippen molar-refractivity contribution < 1.29 is 5.11 Å². The third kappa shape index (κ3) is 1.26. The average molecular weight is 197 g/mol. The summed E-state index contributed by atoms with van der Waals surface area (Å²) in [5.74, 6) is 0.340. The van der Waals surface area contributed by atoms with Gasteiger partial charge >= 0.3 is 0 Å². The van der Waals surface area contributed by atoms with Crippen LogP contribution < -0.4 is 10.4 Å². The molecular weight excluding hydrogens is 186 g/mol. The zero-order valence-electron chi connectivity index (χ0n) is 8.22. The molecule has 0 saturated heterocycles. The number of hydrogen-bond donors (Lipinski definition) is 1. The highest BCUT2D eigenvalue weighted by Gasteiger charge is 2.14. The van der Waals surface area contributed by atoms with E-state index < -0.39 is 0 Å². The first-order valence-corrected chi connectivity index (χ1v) is 5.00. The molecule has 1 aromatic carbocycles. The van der Waals surface area contributed by atoms with Crippen LogP contribution in [-0.4, -0.2) is 16.6 Å². The minimum atomic E-state index is 0.340. The number of aliphatic hydroxyl groups is 1. The Morgan fingerprint density at radius 1 is 1.13 bits per heavy atom. The van der Waals surface area contributed by atoms with Crippen molar-refractivity contribution in [3.05, 3.63) is 58.3 Å². The van der Waals surface area contributed by atoms with Crippen LogP contribution in [0.1, 0.15) is 0 Å². The highest BCUT2D eigenvalue weighted by molar-refractivity contribution is 5.57. The summed E-state index contributed by atoms with van der Waals surface area (Å²) in [5, 5.41) is 12.1. The van der Waals surface area contributed by atoms with Crippen molar-refractivity contribution in [1.29, 1.82) is 0 Å². The maximum absolute atomic E-state index is 9.73. The van der Waals surface area contributed by atoms with Gasteiger partial charge in [0.25, 0.3) is 0 Å². The Balaban J connectivity index is 2.32. The van der Waals surface area contributed by atoms with Gasteiger partial charge in [-0.25, -0.2) is 0 Å². The van der Waals surface area contributed by atoms with Crippen molar-refractivity contribution in [3.8, 4) is 0 Å². The second-order valence-corrected chi connectivity index (χ2v) is 3.73. The van der Waals surface area contributed by atoms with Crippen molar-refractivity contribution in [2.75, 3.05) is 6.54 Å². The van der Waals surface area contributed by atoms with Crippen LogP contribution in [0.4, 0.5) is 0 Å². The number of nitrogens with zero attached hydrogens (tertiary/aromatic N) is 1. The van der Waals surface area contributed by atoms with Gasteiger partial charge in [-0.05, 0) is 22.6 Å². The Bertz CT molecular complexity index is 581. The van der Waals surface area contributed by atoms with Crippen molar-refractivity contribution >= 4 is 12.3 Å². The Morgan fingerprint density at radius 3 is 2.80 bits per heavy atom. The number of fused-ring (bicyclic) bond motifs is 2. The van der Waals surface area contributed by atoms with Crippen LogP contribution in [0.15, 0.2) is 47.9 Å². The standard InChI is InChI=1S/C13H11NO/c15-13-6-3-7-14-9-11-5-2-1-4-10(11)8-12(13)14/h1-6,8-9,15H,7H2. The fourth-order valence-electron chi connectivity index (χ4n) is 1.96. The molecule has 0 saturated carbocycles. The first-order valence-electron chi connectivity index (χ1n) is 5.00. The molecule has 2 aliphatic rings. The summed E-state index contributed by atoms with van der Waals surface area (Å²) in [7, 11) is 0. The maximum Gasteiger partial charge on any atom is 0.138 e. The molecule has 15 heavy (non-hydrogen) atoms. The van der Waals surface area contributed by atoms with Gasteiger partial charge in [-0.15, -0.1) is 0 Å². The fourth-order valence-corrected chi connectivity index (χ4v) is 1.96. The molecule has 0 amide bonds. The first-order chi connectivity index (χ1) is 7.34. The van der Waals surface area contributed by atoms with Gasteiger partial charge in [-0.2, -0.15) is 0 Å². The summed E-state index contributed by atoms with van der Waals surface area (Å²) in [6.07, 6.45) is 7.81. The van der Waals surface area contributed by atoms with Crippen LogP contribution in [-0.2, 0) is 0 Å². The number of allylic oxidation sites excluding steroid dienone is 2. The van der Waals surface area contributed by atoms with E-state index in [4.69, 9.17) is 0 Å². The van der Waals surface area contributed by atoms with E-state index in [2.05, 4.69) is 23.2 Å². The molecule has 0 radical (unpaired) electrons. The van der Waals surface area contributed by atoms with Crippen molar-refractivity contribution in [2.45, 2.75) is 0 Å². The van der Waals surface area contributed by atoms with Gasteiger partial charge in [0.15, 0.2) is 0 Å². The van der Waals surface area contributed by atoms with E-state index >= 15 is 0 Å². The average Bonchev–Trinajstić information content (AvgIpc) is 2.27. The van der Waals surface area contributed by atoms with E-state index in [1.165, 1.54) is 5.22 Å². The topological polar surface area (TPSA) is 23.5 Å². The maximum atomic E-state index is 9.73. The molecule has 0 fully saturated rings. The summed E-state index contributed by atoms with van der Waals surface area (Å²) in [6.45, 7) is 0.824. The van der Waals surface area contributed by atoms with Crippen LogP contribution in [0.2, 0.25) is 0 Å². The largest absolute Gasteiger partial charge is 0.506 e. The molecule has 74 valence electrons. The predicted octanol–water partition coefficient (Wildman–Crippen LogP) is 0.860. The lowest BCUT2D eigenvalue weighted by atomic mass is 10.1. The highest BCUT2D eigenvalue weighted by Crippen LogP contribution is 2.17. The molecule has 0 aliphatic carbocycles. The van der Waals surface area contributed by atoms with Crippen LogP contribution in [0.25, 0.3) is 12.3 Å². The Hall–Kier alpha value is -1.96. The smallest absolute Gasteiger partial charge is 0.138 e. The van der Waals surface area contributed by atoms with E-state index in [1.54, 1.807) is 6.08 Å². The normalized spacial score (nSPS) is 17.7. The van der Waals surface area contributed by atoms with Crippen LogP contribution in [0.3, 0.4) is 0 Å². The number of benzene rings is 1. The molecule has 0 aromatic heterocycles. The van der Waals surface area contributed by atoms with Gasteiger partial charge in [0.2, 0.25) is 0 Å². The zero-order chi connectivity index (χ0) is 10.3. The Kier molecular flexibility index (Phi) is 1.68. The third-order valence-electron chi connectivity index (χ3n) is 2.73. The number of hydrogen-bond acceptors (Lipinski definition) is 2. The monoisotopic (exact) mass is 197 g/mol.